The summed E-state index contributed by atoms with van der Waals surface area (Å²) in [6, 6.07) is 0. The molecule has 22 heavy (non-hydrogen) atoms. The van der Waals surface area contributed by atoms with Crippen molar-refractivity contribution < 1.29 is 14.3 Å². The number of carbonyl (C=O) groups excluding carboxylic acids is 2. The van der Waals surface area contributed by atoms with E-state index in [9.17, 15) is 9.59 Å². The van der Waals surface area contributed by atoms with E-state index in [0.29, 0.717) is 6.61 Å². The van der Waals surface area contributed by atoms with E-state index in [0.717, 1.165) is 31.3 Å². The smallest absolute Gasteiger partial charge is 0.313 e. The zero-order valence-electron chi connectivity index (χ0n) is 14.7. The van der Waals surface area contributed by atoms with Crippen LogP contribution >= 0.6 is 0 Å². The van der Waals surface area contributed by atoms with E-state index in [2.05, 4.69) is 32.9 Å². The summed E-state index contributed by atoms with van der Waals surface area (Å²) in [6.07, 6.45) is 9.80. The number of rotatable bonds is 10. The first-order valence-electron chi connectivity index (χ1n) is 7.99. The Hall–Kier alpha value is -1.64. The first-order valence-corrected chi connectivity index (χ1v) is 7.99. The molecule has 0 saturated carbocycles. The summed E-state index contributed by atoms with van der Waals surface area (Å²) in [4.78, 5) is 22.8. The van der Waals surface area contributed by atoms with Gasteiger partial charge in [0.1, 0.15) is 6.42 Å². The van der Waals surface area contributed by atoms with Crippen molar-refractivity contribution in [1.29, 1.82) is 0 Å². The Morgan fingerprint density at radius 2 is 1.50 bits per heavy atom. The number of allylic oxidation sites excluding steroid dienone is 6. The summed E-state index contributed by atoms with van der Waals surface area (Å²) in [7, 11) is 0. The van der Waals surface area contributed by atoms with Gasteiger partial charge in [0.05, 0.1) is 6.61 Å². The highest BCUT2D eigenvalue weighted by atomic mass is 16.5. The van der Waals surface area contributed by atoms with Crippen LogP contribution in [0.25, 0.3) is 0 Å². The summed E-state index contributed by atoms with van der Waals surface area (Å²) in [5, 5.41) is 0. The molecule has 0 fully saturated rings. The van der Waals surface area contributed by atoms with Crippen LogP contribution in [0.5, 0.6) is 0 Å². The Balaban J connectivity index is 4.12. The van der Waals surface area contributed by atoms with Gasteiger partial charge in [0.2, 0.25) is 0 Å². The van der Waals surface area contributed by atoms with Gasteiger partial charge < -0.3 is 4.74 Å². The maximum atomic E-state index is 11.6. The second kappa shape index (κ2) is 12.0. The fourth-order valence-electron chi connectivity index (χ4n) is 1.99. The van der Waals surface area contributed by atoms with Gasteiger partial charge in [-0.15, -0.1) is 0 Å². The number of esters is 1. The maximum Gasteiger partial charge on any atom is 0.313 e. The molecule has 0 saturated heterocycles. The summed E-state index contributed by atoms with van der Waals surface area (Å²) in [6.45, 7) is 10.3. The van der Waals surface area contributed by atoms with Crippen LogP contribution in [0.2, 0.25) is 0 Å². The summed E-state index contributed by atoms with van der Waals surface area (Å²) in [5.41, 5.74) is 3.73. The van der Waals surface area contributed by atoms with Crippen molar-refractivity contribution in [3.05, 3.63) is 34.9 Å². The normalized spacial score (nSPS) is 12.0. The number of hydrogen-bond acceptors (Lipinski definition) is 3. The van der Waals surface area contributed by atoms with Crippen LogP contribution in [-0.2, 0) is 14.3 Å². The van der Waals surface area contributed by atoms with E-state index < -0.39 is 5.97 Å². The Kier molecular flexibility index (Phi) is 11.1. The van der Waals surface area contributed by atoms with Gasteiger partial charge >= 0.3 is 5.97 Å². The van der Waals surface area contributed by atoms with Gasteiger partial charge in [-0.05, 0) is 66.4 Å². The molecule has 0 atom stereocenters. The summed E-state index contributed by atoms with van der Waals surface area (Å²) in [5.74, 6) is -0.633. The van der Waals surface area contributed by atoms with Crippen LogP contribution in [0.15, 0.2) is 34.9 Å². The van der Waals surface area contributed by atoms with Gasteiger partial charge in [-0.1, -0.05) is 28.9 Å². The zero-order chi connectivity index (χ0) is 17.0. The minimum Gasteiger partial charge on any atom is -0.466 e. The SMILES string of the molecule is CCOC(=O)CC(=O)C=C(C)CCC=C(C)CCC=C(C)C. The van der Waals surface area contributed by atoms with Crippen LogP contribution < -0.4 is 0 Å². The van der Waals surface area contributed by atoms with E-state index in [4.69, 9.17) is 4.74 Å². The molecule has 3 nitrogen and oxygen atoms in total. The third-order valence-corrected chi connectivity index (χ3v) is 3.15. The predicted molar refractivity (Wildman–Crippen MR) is 91.7 cm³/mol. The Bertz CT molecular complexity index is 449. The number of hydrogen-bond donors (Lipinski definition) is 0. The Morgan fingerprint density at radius 3 is 2.09 bits per heavy atom. The number of ether oxygens (including phenoxy) is 1. The Morgan fingerprint density at radius 1 is 0.909 bits per heavy atom. The van der Waals surface area contributed by atoms with E-state index in [1.54, 1.807) is 13.0 Å². The topological polar surface area (TPSA) is 43.4 Å². The van der Waals surface area contributed by atoms with Crippen molar-refractivity contribution in [2.24, 2.45) is 0 Å². The predicted octanol–water partition coefficient (Wildman–Crippen LogP) is 4.93. The third kappa shape index (κ3) is 12.1. The highest BCUT2D eigenvalue weighted by Gasteiger charge is 2.07. The monoisotopic (exact) mass is 306 g/mol. The molecule has 0 heterocycles. The van der Waals surface area contributed by atoms with Gasteiger partial charge in [-0.2, -0.15) is 0 Å². The minimum absolute atomic E-state index is 0.164. The van der Waals surface area contributed by atoms with Crippen LogP contribution in [0.4, 0.5) is 0 Å². The standard InChI is InChI=1S/C19H30O3/c1-6-22-19(21)14-18(20)13-17(5)12-8-11-16(4)10-7-9-15(2)3/h9,11,13H,6-8,10,12,14H2,1-5H3. The average Bonchev–Trinajstić information content (AvgIpc) is 2.37. The van der Waals surface area contributed by atoms with E-state index in [1.807, 2.05) is 6.92 Å². The molecule has 3 heteroatoms. The third-order valence-electron chi connectivity index (χ3n) is 3.15. The first-order chi connectivity index (χ1) is 10.3. The molecule has 0 N–H and O–H groups in total. The molecular weight excluding hydrogens is 276 g/mol. The van der Waals surface area contributed by atoms with Gasteiger partial charge in [-0.25, -0.2) is 0 Å². The fourth-order valence-corrected chi connectivity index (χ4v) is 1.99. The summed E-state index contributed by atoms with van der Waals surface area (Å²) < 4.78 is 4.76. The molecule has 0 aromatic carbocycles. The lowest BCUT2D eigenvalue weighted by Crippen LogP contribution is -2.09. The first kappa shape index (κ1) is 20.4. The molecule has 0 amide bonds. The van der Waals surface area contributed by atoms with Crippen LogP contribution in [0, 0.1) is 0 Å². The van der Waals surface area contributed by atoms with E-state index >= 15 is 0 Å². The second-order valence-electron chi connectivity index (χ2n) is 5.85. The van der Waals surface area contributed by atoms with Gasteiger partial charge in [-0.3, -0.25) is 9.59 Å². The lowest BCUT2D eigenvalue weighted by atomic mass is 10.1. The lowest BCUT2D eigenvalue weighted by Gasteiger charge is -2.02. The van der Waals surface area contributed by atoms with Crippen LogP contribution in [0.3, 0.4) is 0 Å². The summed E-state index contributed by atoms with van der Waals surface area (Å²) >= 11 is 0. The largest absolute Gasteiger partial charge is 0.466 e. The molecule has 0 rings (SSSR count). The molecule has 0 aliphatic carbocycles. The minimum atomic E-state index is -0.452. The fraction of sp³-hybridized carbons (Fsp3) is 0.579. The molecular formula is C19H30O3. The zero-order valence-corrected chi connectivity index (χ0v) is 14.7. The molecule has 0 unspecified atom stereocenters. The van der Waals surface area contributed by atoms with Crippen molar-refractivity contribution in [2.75, 3.05) is 6.61 Å². The van der Waals surface area contributed by atoms with E-state index in [-0.39, 0.29) is 12.2 Å². The Labute approximate surface area is 135 Å². The van der Waals surface area contributed by atoms with Gasteiger partial charge in [0, 0.05) is 0 Å². The molecule has 0 radical (unpaired) electrons. The van der Waals surface area contributed by atoms with Gasteiger partial charge in [0.15, 0.2) is 5.78 Å². The number of ketones is 1. The molecule has 124 valence electrons. The van der Waals surface area contributed by atoms with E-state index in [1.165, 1.54) is 11.1 Å². The van der Waals surface area contributed by atoms with Crippen molar-refractivity contribution in [3.63, 3.8) is 0 Å². The van der Waals surface area contributed by atoms with Crippen LogP contribution in [-0.4, -0.2) is 18.4 Å². The quantitative estimate of drug-likeness (QED) is 0.249. The molecule has 0 aromatic rings. The highest BCUT2D eigenvalue weighted by molar-refractivity contribution is 6.02. The van der Waals surface area contributed by atoms with Crippen molar-refractivity contribution in [2.45, 2.75) is 66.7 Å². The molecule has 0 spiro atoms. The lowest BCUT2D eigenvalue weighted by molar-refractivity contribution is -0.144. The molecule has 0 bridgehead atoms. The van der Waals surface area contributed by atoms with Crippen molar-refractivity contribution >= 4 is 11.8 Å². The van der Waals surface area contributed by atoms with Crippen molar-refractivity contribution in [3.8, 4) is 0 Å². The molecule has 0 aromatic heterocycles. The number of carbonyl (C=O) groups is 2. The maximum absolute atomic E-state index is 11.6. The molecule has 0 aliphatic heterocycles. The van der Waals surface area contributed by atoms with Crippen LogP contribution in [0.1, 0.15) is 66.7 Å². The van der Waals surface area contributed by atoms with Crippen molar-refractivity contribution in [1.82, 2.24) is 0 Å². The second-order valence-corrected chi connectivity index (χ2v) is 5.85. The average molecular weight is 306 g/mol. The van der Waals surface area contributed by atoms with Gasteiger partial charge in [0.25, 0.3) is 0 Å². The highest BCUT2D eigenvalue weighted by Crippen LogP contribution is 2.11. The molecule has 0 aliphatic rings.